The fourth-order valence-electron chi connectivity index (χ4n) is 10.1. The molecule has 2 aromatic carbocycles. The van der Waals surface area contributed by atoms with Crippen LogP contribution < -0.4 is 0 Å². The lowest BCUT2D eigenvalue weighted by molar-refractivity contribution is -0.0295. The Morgan fingerprint density at radius 3 is 2.26 bits per heavy atom. The summed E-state index contributed by atoms with van der Waals surface area (Å²) < 4.78 is 2.46. The number of hydrogen-bond donors (Lipinski definition) is 0. The Morgan fingerprint density at radius 1 is 0.857 bits per heavy atom. The van der Waals surface area contributed by atoms with Crippen LogP contribution in [0.1, 0.15) is 75.8 Å². The topological polar surface area (TPSA) is 4.93 Å². The normalized spacial score (nSPS) is 32.7. The van der Waals surface area contributed by atoms with Crippen molar-refractivity contribution in [1.29, 1.82) is 0 Å². The molecule has 0 radical (unpaired) electrons. The first-order valence-electron chi connectivity index (χ1n) is 14.0. The molecule has 9 rings (SSSR count). The van der Waals surface area contributed by atoms with E-state index in [1.807, 2.05) is 0 Å². The quantitative estimate of drug-likeness (QED) is 0.369. The summed E-state index contributed by atoms with van der Waals surface area (Å²) in [6.45, 7) is 5.16. The van der Waals surface area contributed by atoms with Gasteiger partial charge < -0.3 is 4.57 Å². The Balaban J connectivity index is 1.34. The van der Waals surface area contributed by atoms with Crippen molar-refractivity contribution < 1.29 is 0 Å². The van der Waals surface area contributed by atoms with Crippen molar-refractivity contribution in [1.82, 2.24) is 4.57 Å². The molecule has 0 amide bonds. The highest BCUT2D eigenvalue weighted by Crippen LogP contribution is 2.66. The first kappa shape index (κ1) is 20.6. The van der Waals surface area contributed by atoms with Crippen LogP contribution in [-0.2, 0) is 7.05 Å². The van der Waals surface area contributed by atoms with Crippen LogP contribution in [-0.4, -0.2) is 4.57 Å². The second kappa shape index (κ2) is 6.81. The van der Waals surface area contributed by atoms with Gasteiger partial charge in [-0.1, -0.05) is 74.0 Å². The predicted octanol–water partition coefficient (Wildman–Crippen LogP) is 8.79. The number of benzene rings is 2. The molecule has 4 saturated carbocycles. The molecule has 0 aliphatic heterocycles. The van der Waals surface area contributed by atoms with E-state index >= 15 is 0 Å². The third-order valence-corrected chi connectivity index (χ3v) is 11.0. The maximum atomic E-state index is 2.59. The summed E-state index contributed by atoms with van der Waals surface area (Å²) in [6.07, 6.45) is 15.2. The number of allylic oxidation sites excluding steroid dienone is 4. The molecule has 1 unspecified atom stereocenters. The van der Waals surface area contributed by atoms with E-state index in [2.05, 4.69) is 86.1 Å². The van der Waals surface area contributed by atoms with Crippen LogP contribution in [0.4, 0.5) is 0 Å². The third kappa shape index (κ3) is 2.60. The van der Waals surface area contributed by atoms with Crippen LogP contribution in [0, 0.1) is 28.6 Å². The fraction of sp³-hybridized carbons (Fsp3) is 0.471. The van der Waals surface area contributed by atoms with Gasteiger partial charge >= 0.3 is 0 Å². The van der Waals surface area contributed by atoms with Gasteiger partial charge in [-0.3, -0.25) is 0 Å². The van der Waals surface area contributed by atoms with Gasteiger partial charge in [-0.15, -0.1) is 0 Å². The number of nitrogens with zero attached hydrogens (tertiary/aromatic N) is 1. The van der Waals surface area contributed by atoms with Gasteiger partial charge in [0.2, 0.25) is 0 Å². The molecule has 1 heteroatoms. The average molecular weight is 460 g/mol. The summed E-state index contributed by atoms with van der Waals surface area (Å²) in [7, 11) is 2.27. The molecule has 4 fully saturated rings. The zero-order valence-corrected chi connectivity index (χ0v) is 21.5. The maximum Gasteiger partial charge on any atom is 0.0530 e. The zero-order chi connectivity index (χ0) is 23.5. The highest BCUT2D eigenvalue weighted by atomic mass is 15.0. The van der Waals surface area contributed by atoms with Crippen LogP contribution in [0.25, 0.3) is 22.2 Å². The minimum atomic E-state index is 0.0770. The molecule has 0 N–H and O–H groups in total. The van der Waals surface area contributed by atoms with Crippen molar-refractivity contribution in [3.05, 3.63) is 83.0 Å². The van der Waals surface area contributed by atoms with Crippen molar-refractivity contribution >= 4 is 10.9 Å². The van der Waals surface area contributed by atoms with Crippen molar-refractivity contribution in [2.45, 2.75) is 64.7 Å². The molecule has 35 heavy (non-hydrogen) atoms. The van der Waals surface area contributed by atoms with Gasteiger partial charge in [0.25, 0.3) is 0 Å². The molecule has 178 valence electrons. The van der Waals surface area contributed by atoms with Gasteiger partial charge in [0.1, 0.15) is 0 Å². The monoisotopic (exact) mass is 459 g/mol. The number of fused-ring (bicyclic) bond motifs is 5. The van der Waals surface area contributed by atoms with Crippen molar-refractivity contribution in [3.63, 3.8) is 0 Å². The fourth-order valence-corrected chi connectivity index (χ4v) is 10.1. The zero-order valence-electron chi connectivity index (χ0n) is 21.5. The van der Waals surface area contributed by atoms with E-state index in [1.54, 1.807) is 16.7 Å². The Morgan fingerprint density at radius 2 is 1.51 bits per heavy atom. The summed E-state index contributed by atoms with van der Waals surface area (Å²) in [5, 5.41) is 1.45. The molecule has 0 saturated heterocycles. The van der Waals surface area contributed by atoms with Gasteiger partial charge in [-0.05, 0) is 96.3 Å². The van der Waals surface area contributed by atoms with E-state index in [1.165, 1.54) is 66.2 Å². The van der Waals surface area contributed by atoms with Crippen LogP contribution in [0.5, 0.6) is 0 Å². The molecule has 6 aliphatic carbocycles. The van der Waals surface area contributed by atoms with E-state index in [9.17, 15) is 0 Å². The van der Waals surface area contributed by atoms with Crippen molar-refractivity contribution in [3.8, 4) is 11.3 Å². The minimum absolute atomic E-state index is 0.0770. The molecule has 1 heterocycles. The highest BCUT2D eigenvalue weighted by Gasteiger charge is 2.54. The van der Waals surface area contributed by atoms with Crippen molar-refractivity contribution in [2.75, 3.05) is 0 Å². The first-order chi connectivity index (χ1) is 17.0. The molecule has 0 spiro atoms. The molecular formula is C34H37N. The number of aryl methyl sites for hydroxylation is 1. The number of hydrogen-bond acceptors (Lipinski definition) is 0. The second-order valence-corrected chi connectivity index (χ2v) is 13.3. The lowest BCUT2D eigenvalue weighted by Gasteiger charge is -2.58. The average Bonchev–Trinajstić information content (AvgIpc) is 3.53. The van der Waals surface area contributed by atoms with E-state index in [-0.39, 0.29) is 5.41 Å². The molecule has 3 aromatic rings. The van der Waals surface area contributed by atoms with Crippen molar-refractivity contribution in [2.24, 2.45) is 35.6 Å². The maximum absolute atomic E-state index is 2.59. The molecule has 1 nitrogen and oxygen atoms in total. The third-order valence-electron chi connectivity index (χ3n) is 11.0. The molecule has 1 aromatic heterocycles. The standard InChI is InChI=1S/C34H37N/c1-33(2,27-12-8-13-28(27)34-18-21-15-22(19-34)17-23(16-21)20-34)31-24-9-4-5-10-25(24)32-30(31)26-11-6-7-14-29(26)35(32)3/h4-11,13-14,21-23,31H,12,15-20H2,1-3H3. The van der Waals surface area contributed by atoms with E-state index in [0.717, 1.165) is 24.2 Å². The van der Waals surface area contributed by atoms with E-state index in [0.29, 0.717) is 11.3 Å². The first-order valence-corrected chi connectivity index (χ1v) is 14.0. The summed E-state index contributed by atoms with van der Waals surface area (Å²) in [6, 6.07) is 18.4. The number of rotatable bonds is 3. The molecule has 1 atom stereocenters. The van der Waals surface area contributed by atoms with Gasteiger partial charge in [-0.25, -0.2) is 0 Å². The predicted molar refractivity (Wildman–Crippen MR) is 145 cm³/mol. The summed E-state index contributed by atoms with van der Waals surface area (Å²) in [5.41, 5.74) is 11.4. The molecular weight excluding hydrogens is 422 g/mol. The van der Waals surface area contributed by atoms with Gasteiger partial charge in [0, 0.05) is 29.4 Å². The Labute approximate surface area is 209 Å². The SMILES string of the molecule is Cn1c2c(c3ccccc31)C(C(C)(C)C1=C(C34CC5CC(CC(C5)C3)C4)C=CC1)c1ccccc1-2. The van der Waals surface area contributed by atoms with E-state index < -0.39 is 0 Å². The van der Waals surface area contributed by atoms with E-state index in [4.69, 9.17) is 0 Å². The highest BCUT2D eigenvalue weighted by molar-refractivity contribution is 5.97. The molecule has 6 aliphatic rings. The number of para-hydroxylation sites is 1. The van der Waals surface area contributed by atoms with Crippen LogP contribution in [0.2, 0.25) is 0 Å². The smallest absolute Gasteiger partial charge is 0.0530 e. The Kier molecular flexibility index (Phi) is 4.02. The second-order valence-electron chi connectivity index (χ2n) is 13.3. The van der Waals surface area contributed by atoms with Crippen LogP contribution in [0.3, 0.4) is 0 Å². The summed E-state index contributed by atoms with van der Waals surface area (Å²) in [4.78, 5) is 0. The van der Waals surface area contributed by atoms with Gasteiger partial charge in [0.05, 0.1) is 5.69 Å². The summed E-state index contributed by atoms with van der Waals surface area (Å²) in [5.74, 6) is 3.37. The Bertz CT molecular complexity index is 1410. The lowest BCUT2D eigenvalue weighted by Crippen LogP contribution is -2.47. The Hall–Kier alpha value is -2.54. The number of aromatic nitrogens is 1. The van der Waals surface area contributed by atoms with Crippen LogP contribution >= 0.6 is 0 Å². The largest absolute Gasteiger partial charge is 0.343 e. The minimum Gasteiger partial charge on any atom is -0.343 e. The summed E-state index contributed by atoms with van der Waals surface area (Å²) >= 11 is 0. The van der Waals surface area contributed by atoms with Gasteiger partial charge in [-0.2, -0.15) is 0 Å². The molecule has 4 bridgehead atoms. The lowest BCUT2D eigenvalue weighted by atomic mass is 9.47. The van der Waals surface area contributed by atoms with Gasteiger partial charge in [0.15, 0.2) is 0 Å². The van der Waals surface area contributed by atoms with Crippen LogP contribution in [0.15, 0.2) is 71.8 Å².